The number of aromatic nitrogens is 1. The molecule has 0 amide bonds. The molecule has 1 aromatic heterocycles. The zero-order chi connectivity index (χ0) is 19.8. The molecule has 0 spiro atoms. The molecule has 0 aliphatic carbocycles. The molecular formula is C22H19ClFN3O. The van der Waals surface area contributed by atoms with Crippen LogP contribution in [0.1, 0.15) is 34.8 Å². The Balaban J connectivity index is 1.86. The van der Waals surface area contributed by atoms with Gasteiger partial charge < -0.3 is 4.98 Å². The highest BCUT2D eigenvalue weighted by Gasteiger charge is 2.33. The summed E-state index contributed by atoms with van der Waals surface area (Å²) in [7, 11) is 0. The zero-order valence-corrected chi connectivity index (χ0v) is 16.3. The molecule has 0 bridgehead atoms. The zero-order valence-electron chi connectivity index (χ0n) is 15.5. The number of hydrogen-bond acceptors (Lipinski definition) is 3. The molecule has 0 unspecified atom stereocenters. The average molecular weight is 396 g/mol. The fraction of sp³-hybridized carbons (Fsp3) is 0.182. The number of para-hydroxylation sites is 1. The minimum atomic E-state index is -0.367. The van der Waals surface area contributed by atoms with Gasteiger partial charge in [0.15, 0.2) is 0 Å². The molecule has 28 heavy (non-hydrogen) atoms. The molecule has 3 aromatic rings. The summed E-state index contributed by atoms with van der Waals surface area (Å²) in [6, 6.07) is 15.6. The van der Waals surface area contributed by atoms with Crippen LogP contribution in [0.15, 0.2) is 64.5 Å². The lowest BCUT2D eigenvalue weighted by Gasteiger charge is -2.24. The Kier molecular flexibility index (Phi) is 4.77. The van der Waals surface area contributed by atoms with Crippen LogP contribution in [0.3, 0.4) is 0 Å². The van der Waals surface area contributed by atoms with Gasteiger partial charge in [0, 0.05) is 17.1 Å². The Bertz CT molecular complexity index is 1140. The molecule has 1 aliphatic heterocycles. The number of pyridine rings is 1. The topological polar surface area (TPSA) is 48.5 Å². The van der Waals surface area contributed by atoms with Crippen molar-refractivity contribution < 1.29 is 4.39 Å². The number of nitrogens with zero attached hydrogens (tertiary/aromatic N) is 2. The standard InChI is InChI=1S/C22H19ClFN3O/c1-13-10-14(2)25-22(28)21(13)18-12-20(15-6-5-7-16(23)11-15)27(26-18)19-9-4-3-8-17(19)24/h3-11,20H,12H2,1-2H3,(H,25,28)/t20-/m1/s1. The lowest BCUT2D eigenvalue weighted by Crippen LogP contribution is -2.20. The Morgan fingerprint density at radius 2 is 1.93 bits per heavy atom. The van der Waals surface area contributed by atoms with Crippen molar-refractivity contribution in [3.8, 4) is 0 Å². The van der Waals surface area contributed by atoms with E-state index >= 15 is 0 Å². The van der Waals surface area contributed by atoms with E-state index in [0.29, 0.717) is 28.4 Å². The van der Waals surface area contributed by atoms with E-state index in [2.05, 4.69) is 10.1 Å². The normalized spacial score (nSPS) is 16.4. The van der Waals surface area contributed by atoms with Gasteiger partial charge in [-0.25, -0.2) is 4.39 Å². The van der Waals surface area contributed by atoms with Crippen molar-refractivity contribution in [1.82, 2.24) is 4.98 Å². The Hall–Kier alpha value is -2.92. The van der Waals surface area contributed by atoms with Gasteiger partial charge in [-0.3, -0.25) is 9.80 Å². The highest BCUT2D eigenvalue weighted by molar-refractivity contribution is 6.30. The molecule has 2 heterocycles. The van der Waals surface area contributed by atoms with Crippen molar-refractivity contribution in [2.75, 3.05) is 5.01 Å². The van der Waals surface area contributed by atoms with E-state index < -0.39 is 0 Å². The summed E-state index contributed by atoms with van der Waals surface area (Å²) < 4.78 is 14.5. The summed E-state index contributed by atoms with van der Waals surface area (Å²) in [5, 5.41) is 6.92. The van der Waals surface area contributed by atoms with Crippen LogP contribution in [0, 0.1) is 19.7 Å². The van der Waals surface area contributed by atoms with E-state index in [9.17, 15) is 9.18 Å². The van der Waals surface area contributed by atoms with E-state index in [1.54, 1.807) is 29.3 Å². The number of benzene rings is 2. The molecule has 1 aliphatic rings. The van der Waals surface area contributed by atoms with Gasteiger partial charge in [-0.2, -0.15) is 5.10 Å². The van der Waals surface area contributed by atoms with Crippen LogP contribution in [0.2, 0.25) is 5.02 Å². The highest BCUT2D eigenvalue weighted by Crippen LogP contribution is 2.38. The van der Waals surface area contributed by atoms with Gasteiger partial charge in [-0.05, 0) is 55.3 Å². The predicted molar refractivity (Wildman–Crippen MR) is 111 cm³/mol. The smallest absolute Gasteiger partial charge is 0.257 e. The SMILES string of the molecule is Cc1cc(C)c(C2=NN(c3ccccc3F)[C@@H](c3cccc(Cl)c3)C2)c(=O)[nH]1. The molecule has 4 rings (SSSR count). The van der Waals surface area contributed by atoms with E-state index in [4.69, 9.17) is 11.6 Å². The van der Waals surface area contributed by atoms with Crippen molar-refractivity contribution >= 4 is 23.0 Å². The summed E-state index contributed by atoms with van der Waals surface area (Å²) in [4.78, 5) is 15.4. The molecule has 4 nitrogen and oxygen atoms in total. The first-order chi connectivity index (χ1) is 13.4. The second-order valence-corrected chi connectivity index (χ2v) is 7.39. The van der Waals surface area contributed by atoms with Crippen LogP contribution in [0.25, 0.3) is 0 Å². The van der Waals surface area contributed by atoms with Crippen LogP contribution in [0.5, 0.6) is 0 Å². The van der Waals surface area contributed by atoms with Crippen molar-refractivity contribution in [2.24, 2.45) is 5.10 Å². The minimum absolute atomic E-state index is 0.184. The number of nitrogens with one attached hydrogen (secondary N) is 1. The first-order valence-electron chi connectivity index (χ1n) is 9.01. The van der Waals surface area contributed by atoms with Gasteiger partial charge in [0.2, 0.25) is 0 Å². The monoisotopic (exact) mass is 395 g/mol. The number of aryl methyl sites for hydroxylation is 2. The molecule has 6 heteroatoms. The number of halogens is 2. The van der Waals surface area contributed by atoms with Gasteiger partial charge in [-0.15, -0.1) is 0 Å². The summed E-state index contributed by atoms with van der Waals surface area (Å²) in [6.45, 7) is 3.73. The Morgan fingerprint density at radius 1 is 1.14 bits per heavy atom. The molecule has 142 valence electrons. The summed E-state index contributed by atoms with van der Waals surface area (Å²) in [5.41, 5.74) is 3.90. The lowest BCUT2D eigenvalue weighted by molar-refractivity contribution is 0.606. The number of rotatable bonds is 3. The number of H-pyrrole nitrogens is 1. The Morgan fingerprint density at radius 3 is 2.64 bits per heavy atom. The van der Waals surface area contributed by atoms with Gasteiger partial charge in [0.05, 0.1) is 23.0 Å². The second-order valence-electron chi connectivity index (χ2n) is 6.96. The summed E-state index contributed by atoms with van der Waals surface area (Å²) in [5.74, 6) is -0.367. The predicted octanol–water partition coefficient (Wildman–Crippen LogP) is 5.14. The minimum Gasteiger partial charge on any atom is -0.326 e. The van der Waals surface area contributed by atoms with Gasteiger partial charge in [0.1, 0.15) is 5.82 Å². The fourth-order valence-electron chi connectivity index (χ4n) is 3.71. The van der Waals surface area contributed by atoms with Crippen molar-refractivity contribution in [3.63, 3.8) is 0 Å². The number of hydrazone groups is 1. The Labute approximate surface area is 167 Å². The number of aromatic amines is 1. The van der Waals surface area contributed by atoms with Crippen molar-refractivity contribution in [2.45, 2.75) is 26.3 Å². The van der Waals surface area contributed by atoms with Crippen LogP contribution in [-0.4, -0.2) is 10.7 Å². The maximum Gasteiger partial charge on any atom is 0.257 e. The second kappa shape index (κ2) is 7.24. The number of anilines is 1. The van der Waals surface area contributed by atoms with Gasteiger partial charge >= 0.3 is 0 Å². The van der Waals surface area contributed by atoms with E-state index in [1.165, 1.54) is 6.07 Å². The maximum atomic E-state index is 14.5. The maximum absolute atomic E-state index is 14.5. The van der Waals surface area contributed by atoms with Gasteiger partial charge in [0.25, 0.3) is 5.56 Å². The average Bonchev–Trinajstić information content (AvgIpc) is 3.06. The largest absolute Gasteiger partial charge is 0.326 e. The lowest BCUT2D eigenvalue weighted by atomic mass is 9.96. The van der Waals surface area contributed by atoms with Crippen LogP contribution in [0.4, 0.5) is 10.1 Å². The van der Waals surface area contributed by atoms with Crippen LogP contribution < -0.4 is 10.6 Å². The molecule has 2 aromatic carbocycles. The molecule has 0 radical (unpaired) electrons. The van der Waals surface area contributed by atoms with E-state index in [1.807, 2.05) is 38.1 Å². The summed E-state index contributed by atoms with van der Waals surface area (Å²) in [6.07, 6.45) is 0.474. The van der Waals surface area contributed by atoms with Crippen molar-refractivity contribution in [1.29, 1.82) is 0 Å². The molecule has 1 N–H and O–H groups in total. The molecule has 0 fully saturated rings. The molecule has 0 saturated carbocycles. The van der Waals surface area contributed by atoms with Crippen molar-refractivity contribution in [3.05, 3.63) is 98.2 Å². The number of hydrogen-bond donors (Lipinski definition) is 1. The molecule has 1 atom stereocenters. The third-order valence-electron chi connectivity index (χ3n) is 4.90. The highest BCUT2D eigenvalue weighted by atomic mass is 35.5. The van der Waals surface area contributed by atoms with E-state index in [0.717, 1.165) is 16.8 Å². The third kappa shape index (κ3) is 3.34. The van der Waals surface area contributed by atoms with Crippen LogP contribution >= 0.6 is 11.6 Å². The fourth-order valence-corrected chi connectivity index (χ4v) is 3.91. The third-order valence-corrected chi connectivity index (χ3v) is 5.13. The quantitative estimate of drug-likeness (QED) is 0.667. The van der Waals surface area contributed by atoms with Gasteiger partial charge in [-0.1, -0.05) is 35.9 Å². The first-order valence-corrected chi connectivity index (χ1v) is 9.39. The first kappa shape index (κ1) is 18.4. The molecule has 0 saturated heterocycles. The molecular weight excluding hydrogens is 377 g/mol. The summed E-state index contributed by atoms with van der Waals surface area (Å²) >= 11 is 6.18. The van der Waals surface area contributed by atoms with E-state index in [-0.39, 0.29) is 17.4 Å². The van der Waals surface area contributed by atoms with Crippen LogP contribution in [-0.2, 0) is 0 Å².